The van der Waals surface area contributed by atoms with Crippen LogP contribution in [-0.2, 0) is 16.1 Å². The van der Waals surface area contributed by atoms with Crippen molar-refractivity contribution in [2.45, 2.75) is 39.3 Å². The number of benzene rings is 3. The summed E-state index contributed by atoms with van der Waals surface area (Å²) in [5.74, 6) is 0.962. The summed E-state index contributed by atoms with van der Waals surface area (Å²) in [4.78, 5) is 22.4. The third-order valence-electron chi connectivity index (χ3n) is 6.61. The molecule has 8 nitrogen and oxygen atoms in total. The van der Waals surface area contributed by atoms with E-state index in [1.165, 1.54) is 0 Å². The van der Waals surface area contributed by atoms with E-state index >= 15 is 0 Å². The second-order valence-corrected chi connectivity index (χ2v) is 11.1. The molecule has 0 saturated heterocycles. The quantitative estimate of drug-likeness (QED) is 0.0590. The molecule has 230 valence electrons. The number of carbonyl (C=O) groups excluding carboxylic acids is 1. The second kappa shape index (κ2) is 17.4. The number of esters is 1. The molecule has 0 aliphatic rings. The van der Waals surface area contributed by atoms with Crippen molar-refractivity contribution in [2.24, 2.45) is 10.9 Å². The van der Waals surface area contributed by atoms with E-state index in [4.69, 9.17) is 37.9 Å². The number of aliphatic imine (C=N–C) groups is 1. The van der Waals surface area contributed by atoms with Crippen molar-refractivity contribution in [3.63, 3.8) is 0 Å². The second-order valence-electron chi connectivity index (χ2n) is 10.3. The zero-order valence-electron chi connectivity index (χ0n) is 25.4. The number of aromatic nitrogens is 1. The largest absolute Gasteiger partial charge is 0.457 e. The molecule has 0 aliphatic carbocycles. The van der Waals surface area contributed by atoms with Gasteiger partial charge in [-0.15, -0.1) is 0 Å². The Morgan fingerprint density at radius 2 is 1.62 bits per heavy atom. The summed E-state index contributed by atoms with van der Waals surface area (Å²) in [5, 5.41) is 19.1. The highest BCUT2D eigenvalue weighted by Gasteiger charge is 2.29. The fraction of sp³-hybridized carbons (Fsp3) is 0.229. The molecule has 3 aromatic carbocycles. The molecule has 0 N–H and O–H groups in total. The first-order valence-corrected chi connectivity index (χ1v) is 14.8. The average Bonchev–Trinajstić information content (AvgIpc) is 3.03. The fourth-order valence-corrected chi connectivity index (χ4v) is 4.47. The zero-order chi connectivity index (χ0) is 32.8. The minimum atomic E-state index is -1.04. The smallest absolute Gasteiger partial charge is 0.315 e. The van der Waals surface area contributed by atoms with Crippen molar-refractivity contribution < 1.29 is 14.3 Å². The van der Waals surface area contributed by atoms with Gasteiger partial charge < -0.3 is 14.4 Å². The van der Waals surface area contributed by atoms with Gasteiger partial charge >= 0.3 is 5.97 Å². The number of amidine groups is 1. The lowest BCUT2D eigenvalue weighted by molar-refractivity contribution is -0.150. The third kappa shape index (κ3) is 11.0. The summed E-state index contributed by atoms with van der Waals surface area (Å²) in [7, 11) is 1.87. The Kier molecular flexibility index (Phi) is 13.4. The van der Waals surface area contributed by atoms with E-state index < -0.39 is 18.0 Å². The lowest BCUT2D eigenvalue weighted by Crippen LogP contribution is -2.23. The molecule has 0 amide bonds. The highest BCUT2D eigenvalue weighted by molar-refractivity contribution is 6.30. The van der Waals surface area contributed by atoms with Gasteiger partial charge in [-0.3, -0.25) is 4.79 Å². The predicted octanol–water partition coefficient (Wildman–Crippen LogP) is 8.75. The molecule has 2 atom stereocenters. The number of ether oxygens (including phenoxy) is 2. The molecule has 45 heavy (non-hydrogen) atoms. The Hall–Kier alpha value is -4.89. The van der Waals surface area contributed by atoms with Crippen molar-refractivity contribution in [1.82, 2.24) is 9.88 Å². The van der Waals surface area contributed by atoms with Crippen molar-refractivity contribution in [1.29, 1.82) is 10.5 Å². The van der Waals surface area contributed by atoms with E-state index in [0.717, 1.165) is 11.1 Å². The number of para-hydroxylation sites is 1. The minimum Gasteiger partial charge on any atom is -0.457 e. The molecule has 4 rings (SSSR count). The lowest BCUT2D eigenvalue weighted by Gasteiger charge is -2.22. The van der Waals surface area contributed by atoms with Gasteiger partial charge in [0.1, 0.15) is 28.6 Å². The van der Waals surface area contributed by atoms with Gasteiger partial charge in [0.2, 0.25) is 12.3 Å². The average molecular weight is 643 g/mol. The lowest BCUT2D eigenvalue weighted by atomic mass is 9.88. The monoisotopic (exact) mass is 641 g/mol. The molecular weight excluding hydrogens is 609 g/mol. The highest BCUT2D eigenvalue weighted by atomic mass is 35.5. The summed E-state index contributed by atoms with van der Waals surface area (Å²) in [6.45, 7) is 6.32. The Labute approximate surface area is 274 Å². The first kappa shape index (κ1) is 34.6. The molecule has 1 heterocycles. The van der Waals surface area contributed by atoms with Crippen LogP contribution >= 0.6 is 23.2 Å². The van der Waals surface area contributed by atoms with E-state index in [0.29, 0.717) is 39.6 Å². The summed E-state index contributed by atoms with van der Waals surface area (Å²) >= 11 is 11.6. The summed E-state index contributed by atoms with van der Waals surface area (Å²) in [6.07, 6.45) is 2.42. The molecule has 4 aromatic rings. The maximum absolute atomic E-state index is 13.0. The third-order valence-corrected chi connectivity index (χ3v) is 7.09. The molecular formula is C35H33Cl2N5O3. The van der Waals surface area contributed by atoms with Gasteiger partial charge in [0, 0.05) is 30.4 Å². The summed E-state index contributed by atoms with van der Waals surface area (Å²) in [6, 6.07) is 29.2. The van der Waals surface area contributed by atoms with Crippen LogP contribution in [0, 0.1) is 28.7 Å². The van der Waals surface area contributed by atoms with Gasteiger partial charge in [-0.25, -0.2) is 4.98 Å². The van der Waals surface area contributed by atoms with E-state index in [1.807, 2.05) is 74.3 Å². The SMILES string of the molecule is CC(=NC#N)N(C)Cc1ccc(Cl)nc1.CC(C)C(C(=O)OC(C#N)c1cccc(Oc2ccccc2)c1)c1ccc(Cl)cc1. The van der Waals surface area contributed by atoms with E-state index in [2.05, 4.69) is 16.0 Å². The summed E-state index contributed by atoms with van der Waals surface area (Å²) < 4.78 is 11.4. The van der Waals surface area contributed by atoms with Crippen LogP contribution in [0.5, 0.6) is 11.5 Å². The number of nitriles is 2. The van der Waals surface area contributed by atoms with E-state index in [9.17, 15) is 10.1 Å². The van der Waals surface area contributed by atoms with Gasteiger partial charge in [0.05, 0.1) is 5.92 Å². The molecule has 0 aliphatic heterocycles. The van der Waals surface area contributed by atoms with Crippen LogP contribution in [0.3, 0.4) is 0 Å². The topological polar surface area (TPSA) is 112 Å². The van der Waals surface area contributed by atoms with Gasteiger partial charge in [0.15, 0.2) is 0 Å². The van der Waals surface area contributed by atoms with Crippen molar-refractivity contribution in [2.75, 3.05) is 7.05 Å². The zero-order valence-corrected chi connectivity index (χ0v) is 26.9. The number of pyridine rings is 1. The van der Waals surface area contributed by atoms with Crippen molar-refractivity contribution in [3.8, 4) is 23.8 Å². The van der Waals surface area contributed by atoms with Crippen LogP contribution in [0.2, 0.25) is 10.2 Å². The fourth-order valence-electron chi connectivity index (χ4n) is 4.23. The number of hydrogen-bond donors (Lipinski definition) is 0. The number of rotatable bonds is 9. The van der Waals surface area contributed by atoms with E-state index in [1.54, 1.807) is 61.8 Å². The maximum atomic E-state index is 13.0. The van der Waals surface area contributed by atoms with Gasteiger partial charge in [-0.05, 0) is 66.4 Å². The van der Waals surface area contributed by atoms with Gasteiger partial charge in [-0.2, -0.15) is 15.5 Å². The van der Waals surface area contributed by atoms with Crippen LogP contribution in [0.15, 0.2) is 102 Å². The Balaban J connectivity index is 0.000000309. The number of nitrogens with zero attached hydrogens (tertiary/aromatic N) is 5. The number of hydrogen-bond acceptors (Lipinski definition) is 7. The van der Waals surface area contributed by atoms with Gasteiger partial charge in [0.25, 0.3) is 0 Å². The maximum Gasteiger partial charge on any atom is 0.315 e. The standard InChI is InChI=1S/C25H22ClNO3.C10H11ClN4/c1-17(2)24(18-11-13-20(26)14-12-18)25(28)30-23(16-27)19-7-6-10-22(15-19)29-21-8-4-3-5-9-21;1-8(14-7-12)15(2)6-9-3-4-10(11)13-5-9/h3-15,17,23-24H,1-2H3;3-5H,6H2,1-2H3. The molecule has 0 spiro atoms. The molecule has 0 radical (unpaired) electrons. The normalized spacial score (nSPS) is 12.1. The molecule has 0 bridgehead atoms. The number of carbonyl (C=O) groups is 1. The van der Waals surface area contributed by atoms with Crippen LogP contribution in [0.1, 0.15) is 49.5 Å². The minimum absolute atomic E-state index is 0.00855. The Bertz CT molecular complexity index is 1650. The Morgan fingerprint density at radius 1 is 0.933 bits per heavy atom. The van der Waals surface area contributed by atoms with Crippen LogP contribution in [0.25, 0.3) is 0 Å². The highest BCUT2D eigenvalue weighted by Crippen LogP contribution is 2.31. The predicted molar refractivity (Wildman–Crippen MR) is 176 cm³/mol. The Morgan fingerprint density at radius 3 is 2.22 bits per heavy atom. The summed E-state index contributed by atoms with van der Waals surface area (Å²) in [5.41, 5.74) is 2.38. The van der Waals surface area contributed by atoms with Crippen molar-refractivity contribution in [3.05, 3.63) is 124 Å². The molecule has 0 saturated carbocycles. The van der Waals surface area contributed by atoms with Crippen molar-refractivity contribution >= 4 is 35.0 Å². The molecule has 2 unspecified atom stereocenters. The van der Waals surface area contributed by atoms with E-state index in [-0.39, 0.29) is 5.92 Å². The molecule has 0 fully saturated rings. The van der Waals surface area contributed by atoms with Crippen LogP contribution < -0.4 is 4.74 Å². The first-order chi connectivity index (χ1) is 21.6. The first-order valence-electron chi connectivity index (χ1n) is 14.0. The molecule has 1 aromatic heterocycles. The van der Waals surface area contributed by atoms with Gasteiger partial charge in [-0.1, -0.05) is 85.6 Å². The molecule has 10 heteroatoms. The number of halogens is 2. The van der Waals surface area contributed by atoms with Crippen LogP contribution in [0.4, 0.5) is 0 Å². The van der Waals surface area contributed by atoms with Crippen LogP contribution in [-0.4, -0.2) is 28.7 Å².